The summed E-state index contributed by atoms with van der Waals surface area (Å²) >= 11 is 0. The fraction of sp³-hybridized carbons (Fsp3) is 0.867. The molecule has 0 bridgehead atoms. The second kappa shape index (κ2) is 6.56. The van der Waals surface area contributed by atoms with Crippen LogP contribution in [-0.4, -0.2) is 44.4 Å². The molecule has 1 saturated heterocycles. The number of amides is 1. The molecule has 1 aliphatic heterocycles. The standard InChI is InChI=1S/C15H25NO5S/c1-11-3-6-15(7-4-11,14(18)21-2)16-13(17)9-12-5-8-22(19,20)10-12/h11-12H,3-10H2,1-2H3,(H,16,17)/t11?,12-,15?/m1/s1. The summed E-state index contributed by atoms with van der Waals surface area (Å²) in [4.78, 5) is 24.4. The average Bonchev–Trinajstić information content (AvgIpc) is 2.79. The number of methoxy groups -OCH3 is 1. The maximum absolute atomic E-state index is 12.3. The summed E-state index contributed by atoms with van der Waals surface area (Å²) < 4.78 is 27.8. The lowest BCUT2D eigenvalue weighted by atomic mass is 9.77. The van der Waals surface area contributed by atoms with Crippen molar-refractivity contribution in [2.75, 3.05) is 18.6 Å². The molecule has 1 atom stereocenters. The van der Waals surface area contributed by atoms with E-state index in [1.54, 1.807) is 0 Å². The van der Waals surface area contributed by atoms with Gasteiger partial charge in [-0.1, -0.05) is 6.92 Å². The van der Waals surface area contributed by atoms with Crippen LogP contribution in [0.2, 0.25) is 0 Å². The van der Waals surface area contributed by atoms with Crippen molar-refractivity contribution < 1.29 is 22.7 Å². The van der Waals surface area contributed by atoms with Crippen molar-refractivity contribution in [3.8, 4) is 0 Å². The van der Waals surface area contributed by atoms with Crippen molar-refractivity contribution in [3.63, 3.8) is 0 Å². The van der Waals surface area contributed by atoms with E-state index in [0.717, 1.165) is 12.8 Å². The first kappa shape index (κ1) is 17.2. The fourth-order valence-electron chi connectivity index (χ4n) is 3.44. The normalized spacial score (nSPS) is 34.1. The molecule has 1 aliphatic carbocycles. The minimum absolute atomic E-state index is 0.0721. The zero-order valence-electron chi connectivity index (χ0n) is 13.3. The average molecular weight is 331 g/mol. The van der Waals surface area contributed by atoms with Gasteiger partial charge in [-0.3, -0.25) is 4.79 Å². The molecule has 22 heavy (non-hydrogen) atoms. The number of sulfone groups is 1. The van der Waals surface area contributed by atoms with Crippen LogP contribution < -0.4 is 5.32 Å². The molecule has 126 valence electrons. The molecule has 2 fully saturated rings. The Bertz CT molecular complexity index is 534. The van der Waals surface area contributed by atoms with Crippen LogP contribution in [0, 0.1) is 11.8 Å². The van der Waals surface area contributed by atoms with Crippen molar-refractivity contribution in [3.05, 3.63) is 0 Å². The SMILES string of the molecule is COC(=O)C1(NC(=O)C[C@H]2CCS(=O)(=O)C2)CCC(C)CC1. The van der Waals surface area contributed by atoms with E-state index < -0.39 is 21.3 Å². The van der Waals surface area contributed by atoms with Crippen molar-refractivity contribution in [1.29, 1.82) is 0 Å². The largest absolute Gasteiger partial charge is 0.467 e. The van der Waals surface area contributed by atoms with E-state index in [9.17, 15) is 18.0 Å². The van der Waals surface area contributed by atoms with Gasteiger partial charge in [-0.2, -0.15) is 0 Å². The highest BCUT2D eigenvalue weighted by Gasteiger charge is 2.43. The first-order chi connectivity index (χ1) is 10.3. The summed E-state index contributed by atoms with van der Waals surface area (Å²) in [7, 11) is -1.66. The maximum atomic E-state index is 12.3. The Kier molecular flexibility index (Phi) is 5.14. The number of esters is 1. The van der Waals surface area contributed by atoms with Gasteiger partial charge in [0.25, 0.3) is 0 Å². The predicted octanol–water partition coefficient (Wildman–Crippen LogP) is 1.05. The molecule has 1 heterocycles. The third kappa shape index (κ3) is 4.00. The molecule has 2 aliphatic rings. The number of hydrogen-bond donors (Lipinski definition) is 1. The zero-order chi connectivity index (χ0) is 16.4. The lowest BCUT2D eigenvalue weighted by Gasteiger charge is -2.37. The molecule has 1 amide bonds. The Balaban J connectivity index is 1.98. The van der Waals surface area contributed by atoms with Crippen molar-refractivity contribution in [1.82, 2.24) is 5.32 Å². The monoisotopic (exact) mass is 331 g/mol. The number of rotatable bonds is 4. The lowest BCUT2D eigenvalue weighted by Crippen LogP contribution is -2.57. The van der Waals surface area contributed by atoms with Gasteiger partial charge in [-0.05, 0) is 43.9 Å². The van der Waals surface area contributed by atoms with Gasteiger partial charge in [0.15, 0.2) is 9.84 Å². The van der Waals surface area contributed by atoms with E-state index in [4.69, 9.17) is 4.74 Å². The molecule has 0 spiro atoms. The van der Waals surface area contributed by atoms with E-state index in [2.05, 4.69) is 12.2 Å². The van der Waals surface area contributed by atoms with Crippen LogP contribution in [-0.2, 0) is 24.2 Å². The van der Waals surface area contributed by atoms with Gasteiger partial charge >= 0.3 is 5.97 Å². The quantitative estimate of drug-likeness (QED) is 0.778. The zero-order valence-corrected chi connectivity index (χ0v) is 14.1. The number of nitrogens with one attached hydrogen (secondary N) is 1. The van der Waals surface area contributed by atoms with Gasteiger partial charge in [0.1, 0.15) is 5.54 Å². The van der Waals surface area contributed by atoms with E-state index in [0.29, 0.717) is 25.2 Å². The highest BCUT2D eigenvalue weighted by atomic mass is 32.2. The van der Waals surface area contributed by atoms with Crippen molar-refractivity contribution in [2.24, 2.45) is 11.8 Å². The fourth-order valence-corrected chi connectivity index (χ4v) is 5.31. The molecule has 1 N–H and O–H groups in total. The molecule has 0 aromatic carbocycles. The molecule has 7 heteroatoms. The first-order valence-corrected chi connectivity index (χ1v) is 9.68. The summed E-state index contributed by atoms with van der Waals surface area (Å²) in [6.07, 6.45) is 3.58. The van der Waals surface area contributed by atoms with Crippen molar-refractivity contribution in [2.45, 2.75) is 51.0 Å². The Morgan fingerprint density at radius 2 is 1.86 bits per heavy atom. The second-order valence-electron chi connectivity index (χ2n) is 6.78. The molecule has 6 nitrogen and oxygen atoms in total. The number of ether oxygens (including phenoxy) is 1. The van der Waals surface area contributed by atoms with Gasteiger partial charge in [-0.25, -0.2) is 13.2 Å². The molecular formula is C15H25NO5S. The van der Waals surface area contributed by atoms with Crippen LogP contribution in [0.15, 0.2) is 0 Å². The summed E-state index contributed by atoms with van der Waals surface area (Å²) in [5, 5.41) is 2.85. The van der Waals surface area contributed by atoms with Crippen LogP contribution >= 0.6 is 0 Å². The molecule has 0 unspecified atom stereocenters. The van der Waals surface area contributed by atoms with Gasteiger partial charge < -0.3 is 10.1 Å². The summed E-state index contributed by atoms with van der Waals surface area (Å²) in [6.45, 7) is 2.13. The first-order valence-electron chi connectivity index (χ1n) is 7.86. The Labute approximate surface area is 131 Å². The van der Waals surface area contributed by atoms with Gasteiger partial charge in [0.05, 0.1) is 18.6 Å². The van der Waals surface area contributed by atoms with Crippen molar-refractivity contribution >= 4 is 21.7 Å². The second-order valence-corrected chi connectivity index (χ2v) is 9.01. The van der Waals surface area contributed by atoms with E-state index in [-0.39, 0.29) is 29.8 Å². The van der Waals surface area contributed by atoms with E-state index >= 15 is 0 Å². The smallest absolute Gasteiger partial charge is 0.331 e. The Morgan fingerprint density at radius 1 is 1.23 bits per heavy atom. The van der Waals surface area contributed by atoms with Crippen LogP contribution in [0.25, 0.3) is 0 Å². The number of carbonyl (C=O) groups excluding carboxylic acids is 2. The van der Waals surface area contributed by atoms with Crippen LogP contribution in [0.4, 0.5) is 0 Å². The van der Waals surface area contributed by atoms with E-state index in [1.165, 1.54) is 7.11 Å². The van der Waals surface area contributed by atoms with Gasteiger partial charge in [-0.15, -0.1) is 0 Å². The minimum Gasteiger partial charge on any atom is -0.467 e. The van der Waals surface area contributed by atoms with Crippen LogP contribution in [0.1, 0.15) is 45.4 Å². The molecular weight excluding hydrogens is 306 g/mol. The highest BCUT2D eigenvalue weighted by Crippen LogP contribution is 2.33. The topological polar surface area (TPSA) is 89.5 Å². The van der Waals surface area contributed by atoms with Crippen LogP contribution in [0.3, 0.4) is 0 Å². The predicted molar refractivity (Wildman–Crippen MR) is 81.9 cm³/mol. The molecule has 0 aromatic heterocycles. The Hall–Kier alpha value is -1.11. The number of hydrogen-bond acceptors (Lipinski definition) is 5. The third-order valence-corrected chi connectivity index (χ3v) is 6.72. The maximum Gasteiger partial charge on any atom is 0.331 e. The molecule has 2 rings (SSSR count). The van der Waals surface area contributed by atoms with E-state index in [1.807, 2.05) is 0 Å². The Morgan fingerprint density at radius 3 is 2.36 bits per heavy atom. The molecule has 1 saturated carbocycles. The minimum atomic E-state index is -2.99. The van der Waals surface area contributed by atoms with Crippen LogP contribution in [0.5, 0.6) is 0 Å². The molecule has 0 radical (unpaired) electrons. The third-order valence-electron chi connectivity index (χ3n) is 4.88. The summed E-state index contributed by atoms with van der Waals surface area (Å²) in [5.74, 6) is -0.0153. The summed E-state index contributed by atoms with van der Waals surface area (Å²) in [6, 6.07) is 0. The summed E-state index contributed by atoms with van der Waals surface area (Å²) in [5.41, 5.74) is -0.935. The lowest BCUT2D eigenvalue weighted by molar-refractivity contribution is -0.153. The van der Waals surface area contributed by atoms with Gasteiger partial charge in [0, 0.05) is 6.42 Å². The number of carbonyl (C=O) groups is 2. The molecule has 0 aromatic rings. The van der Waals surface area contributed by atoms with Gasteiger partial charge in [0.2, 0.25) is 5.91 Å². The highest BCUT2D eigenvalue weighted by molar-refractivity contribution is 7.91.